The molecule has 1 rings (SSSR count). The van der Waals surface area contributed by atoms with Gasteiger partial charge < -0.3 is 15.6 Å². The molecule has 0 saturated heterocycles. The third-order valence-electron chi connectivity index (χ3n) is 3.60. The quantitative estimate of drug-likeness (QED) is 0.804. The summed E-state index contributed by atoms with van der Waals surface area (Å²) in [5, 5.41) is 6.71. The minimum absolute atomic E-state index is 0.0527. The molecule has 0 aliphatic heterocycles. The second-order valence-electron chi connectivity index (χ2n) is 6.38. The van der Waals surface area contributed by atoms with Gasteiger partial charge in [-0.25, -0.2) is 0 Å². The van der Waals surface area contributed by atoms with Crippen molar-refractivity contribution in [3.05, 3.63) is 17.5 Å². The molecule has 0 spiro atoms. The van der Waals surface area contributed by atoms with Gasteiger partial charge in [-0.05, 0) is 37.6 Å². The number of amides is 1. The van der Waals surface area contributed by atoms with Gasteiger partial charge in [0, 0.05) is 12.5 Å². The van der Waals surface area contributed by atoms with Gasteiger partial charge in [0.25, 0.3) is 0 Å². The molecule has 0 aromatic carbocycles. The van der Waals surface area contributed by atoms with Gasteiger partial charge in [0.15, 0.2) is 0 Å². The lowest BCUT2D eigenvalue weighted by atomic mass is 9.76. The van der Waals surface area contributed by atoms with Crippen molar-refractivity contribution >= 4 is 5.91 Å². The van der Waals surface area contributed by atoms with Crippen LogP contribution in [0.25, 0.3) is 0 Å². The van der Waals surface area contributed by atoms with Crippen LogP contribution in [0.4, 0.5) is 0 Å². The molecule has 1 amide bonds. The number of hydrogen-bond donors (Lipinski definition) is 2. The number of nitrogens with two attached hydrogens (primary N) is 1. The van der Waals surface area contributed by atoms with Crippen molar-refractivity contribution in [3.8, 4) is 0 Å². The maximum Gasteiger partial charge on any atom is 0.220 e. The largest absolute Gasteiger partial charge is 0.361 e. The van der Waals surface area contributed by atoms with Crippen LogP contribution in [0.15, 0.2) is 10.6 Å². The number of aryl methyl sites for hydroxylation is 1. The molecule has 0 aliphatic carbocycles. The average molecular weight is 281 g/mol. The Morgan fingerprint density at radius 3 is 2.65 bits per heavy atom. The van der Waals surface area contributed by atoms with Crippen molar-refractivity contribution in [2.24, 2.45) is 17.1 Å². The summed E-state index contributed by atoms with van der Waals surface area (Å²) in [6.45, 7) is 9.52. The average Bonchev–Trinajstić information content (AvgIpc) is 2.76. The van der Waals surface area contributed by atoms with Crippen LogP contribution in [0.2, 0.25) is 0 Å². The Balaban J connectivity index is 2.34. The zero-order valence-electron chi connectivity index (χ0n) is 13.0. The molecule has 1 aromatic rings. The number of aromatic nitrogens is 1. The van der Waals surface area contributed by atoms with Gasteiger partial charge in [-0.1, -0.05) is 25.9 Å². The predicted octanol–water partition coefficient (Wildman–Crippen LogP) is 2.39. The number of carbonyl (C=O) groups excluding carboxylic acids is 1. The Morgan fingerprint density at radius 2 is 2.15 bits per heavy atom. The van der Waals surface area contributed by atoms with Crippen molar-refractivity contribution in [2.45, 2.75) is 53.5 Å². The topological polar surface area (TPSA) is 81.2 Å². The van der Waals surface area contributed by atoms with E-state index in [9.17, 15) is 4.79 Å². The maximum atomic E-state index is 11.9. The van der Waals surface area contributed by atoms with E-state index in [0.29, 0.717) is 25.4 Å². The van der Waals surface area contributed by atoms with E-state index in [1.807, 2.05) is 13.0 Å². The fourth-order valence-electron chi connectivity index (χ4n) is 2.30. The predicted molar refractivity (Wildman–Crippen MR) is 78.9 cm³/mol. The summed E-state index contributed by atoms with van der Waals surface area (Å²) < 4.78 is 4.96. The van der Waals surface area contributed by atoms with Gasteiger partial charge in [0.2, 0.25) is 5.91 Å². The number of rotatable bonds is 7. The summed E-state index contributed by atoms with van der Waals surface area (Å²) in [7, 11) is 0. The second-order valence-corrected chi connectivity index (χ2v) is 6.38. The molecule has 1 atom stereocenters. The van der Waals surface area contributed by atoms with Crippen molar-refractivity contribution in [3.63, 3.8) is 0 Å². The Morgan fingerprint density at radius 1 is 1.45 bits per heavy atom. The number of carbonyl (C=O) groups is 1. The molecule has 3 N–H and O–H groups in total. The van der Waals surface area contributed by atoms with Crippen LogP contribution in [-0.4, -0.2) is 17.6 Å². The molecule has 0 radical (unpaired) electrons. The van der Waals surface area contributed by atoms with Gasteiger partial charge in [-0.3, -0.25) is 4.79 Å². The first-order chi connectivity index (χ1) is 9.32. The van der Waals surface area contributed by atoms with Crippen LogP contribution in [0.5, 0.6) is 0 Å². The lowest BCUT2D eigenvalue weighted by molar-refractivity contribution is -0.121. The highest BCUT2D eigenvalue weighted by molar-refractivity contribution is 5.75. The third kappa shape index (κ3) is 5.74. The summed E-state index contributed by atoms with van der Waals surface area (Å²) in [6.07, 6.45) is 2.35. The smallest absolute Gasteiger partial charge is 0.220 e. The molecule has 5 nitrogen and oxygen atoms in total. The van der Waals surface area contributed by atoms with Crippen molar-refractivity contribution in [1.29, 1.82) is 0 Å². The highest BCUT2D eigenvalue weighted by Gasteiger charge is 2.24. The van der Waals surface area contributed by atoms with E-state index in [2.05, 4.69) is 31.2 Å². The summed E-state index contributed by atoms with van der Waals surface area (Å²) in [4.78, 5) is 11.9. The lowest BCUT2D eigenvalue weighted by Gasteiger charge is -2.30. The maximum absolute atomic E-state index is 11.9. The van der Waals surface area contributed by atoms with E-state index in [4.69, 9.17) is 10.3 Å². The normalized spacial score (nSPS) is 13.2. The summed E-state index contributed by atoms with van der Waals surface area (Å²) in [5.41, 5.74) is 6.59. The molecule has 0 fully saturated rings. The Hall–Kier alpha value is -1.36. The summed E-state index contributed by atoms with van der Waals surface area (Å²) in [5.74, 6) is 1.27. The minimum atomic E-state index is 0.0527. The third-order valence-corrected chi connectivity index (χ3v) is 3.60. The van der Waals surface area contributed by atoms with Crippen molar-refractivity contribution < 1.29 is 9.32 Å². The standard InChI is InChI=1S/C15H27N3O2/c1-11-9-13(18-20-11)10-17-14(19)6-5-12(7-8-16)15(2,3)4/h9,12H,5-8,10,16H2,1-4H3,(H,17,19). The number of hydrogen-bond acceptors (Lipinski definition) is 4. The summed E-state index contributed by atoms with van der Waals surface area (Å²) >= 11 is 0. The highest BCUT2D eigenvalue weighted by Crippen LogP contribution is 2.31. The monoisotopic (exact) mass is 281 g/mol. The first-order valence-corrected chi connectivity index (χ1v) is 7.22. The second kappa shape index (κ2) is 7.43. The Bertz CT molecular complexity index is 421. The minimum Gasteiger partial charge on any atom is -0.361 e. The van der Waals surface area contributed by atoms with Gasteiger partial charge >= 0.3 is 0 Å². The Labute approximate surface area is 121 Å². The van der Waals surface area contributed by atoms with Crippen LogP contribution in [0.1, 0.15) is 51.5 Å². The van der Waals surface area contributed by atoms with E-state index in [-0.39, 0.29) is 11.3 Å². The fraction of sp³-hybridized carbons (Fsp3) is 0.733. The molecular formula is C15H27N3O2. The molecular weight excluding hydrogens is 254 g/mol. The first-order valence-electron chi connectivity index (χ1n) is 7.22. The fourth-order valence-corrected chi connectivity index (χ4v) is 2.30. The van der Waals surface area contributed by atoms with Gasteiger partial charge in [0.05, 0.1) is 6.54 Å². The van der Waals surface area contributed by atoms with Crippen LogP contribution >= 0.6 is 0 Å². The van der Waals surface area contributed by atoms with E-state index < -0.39 is 0 Å². The molecule has 114 valence electrons. The molecule has 20 heavy (non-hydrogen) atoms. The molecule has 1 unspecified atom stereocenters. The molecule has 0 bridgehead atoms. The van der Waals surface area contributed by atoms with Crippen LogP contribution in [0, 0.1) is 18.3 Å². The number of nitrogens with zero attached hydrogens (tertiary/aromatic N) is 1. The van der Waals surface area contributed by atoms with E-state index in [1.165, 1.54) is 0 Å². The SMILES string of the molecule is Cc1cc(CNC(=O)CCC(CCN)C(C)(C)C)no1. The Kier molecular flexibility index (Phi) is 6.20. The number of nitrogens with one attached hydrogen (secondary N) is 1. The molecule has 1 aromatic heterocycles. The van der Waals surface area contributed by atoms with Gasteiger partial charge in [-0.15, -0.1) is 0 Å². The zero-order valence-corrected chi connectivity index (χ0v) is 13.0. The molecule has 0 aliphatic rings. The van der Waals surface area contributed by atoms with Crippen molar-refractivity contribution in [1.82, 2.24) is 10.5 Å². The molecule has 5 heteroatoms. The molecule has 1 heterocycles. The highest BCUT2D eigenvalue weighted by atomic mass is 16.5. The van der Waals surface area contributed by atoms with Gasteiger partial charge in [0.1, 0.15) is 11.5 Å². The van der Waals surface area contributed by atoms with Crippen LogP contribution in [-0.2, 0) is 11.3 Å². The summed E-state index contributed by atoms with van der Waals surface area (Å²) in [6, 6.07) is 1.83. The van der Waals surface area contributed by atoms with E-state index in [0.717, 1.165) is 24.3 Å². The molecule has 0 saturated carbocycles. The van der Waals surface area contributed by atoms with E-state index >= 15 is 0 Å². The van der Waals surface area contributed by atoms with Crippen molar-refractivity contribution in [2.75, 3.05) is 6.54 Å². The first kappa shape index (κ1) is 16.7. The van der Waals surface area contributed by atoms with Gasteiger partial charge in [-0.2, -0.15) is 0 Å². The van der Waals surface area contributed by atoms with Crippen LogP contribution in [0.3, 0.4) is 0 Å². The lowest BCUT2D eigenvalue weighted by Crippen LogP contribution is -2.27. The van der Waals surface area contributed by atoms with E-state index in [1.54, 1.807) is 0 Å². The zero-order chi connectivity index (χ0) is 15.2. The van der Waals surface area contributed by atoms with Crippen LogP contribution < -0.4 is 11.1 Å².